The van der Waals surface area contributed by atoms with Crippen molar-refractivity contribution in [3.8, 4) is 11.8 Å². The van der Waals surface area contributed by atoms with Crippen molar-refractivity contribution in [1.29, 1.82) is 0 Å². The molecule has 110 valence electrons. The van der Waals surface area contributed by atoms with E-state index in [1.54, 1.807) is 6.92 Å². The first kappa shape index (κ1) is 15.0. The lowest BCUT2D eigenvalue weighted by Gasteiger charge is -2.07. The number of hydrogen-bond acceptors (Lipinski definition) is 4. The van der Waals surface area contributed by atoms with Crippen molar-refractivity contribution >= 4 is 15.7 Å². The minimum Gasteiger partial charge on any atom is -0.332 e. The maximum atomic E-state index is 13.9. The fourth-order valence-electron chi connectivity index (χ4n) is 1.56. The van der Waals surface area contributed by atoms with Crippen LogP contribution in [0.2, 0.25) is 0 Å². The molecular formula is C13H13FN4O2S. The van der Waals surface area contributed by atoms with Gasteiger partial charge < -0.3 is 10.7 Å². The molecule has 6 nitrogen and oxygen atoms in total. The van der Waals surface area contributed by atoms with Crippen LogP contribution < -0.4 is 10.5 Å². The zero-order valence-corrected chi connectivity index (χ0v) is 12.0. The Morgan fingerprint density at radius 1 is 1.48 bits per heavy atom. The summed E-state index contributed by atoms with van der Waals surface area (Å²) in [5.74, 6) is 4.97. The average molecular weight is 308 g/mol. The van der Waals surface area contributed by atoms with Gasteiger partial charge in [-0.15, -0.1) is 0 Å². The molecule has 0 aliphatic rings. The van der Waals surface area contributed by atoms with Crippen LogP contribution in [0.3, 0.4) is 0 Å². The summed E-state index contributed by atoms with van der Waals surface area (Å²) in [6, 6.07) is 3.94. The van der Waals surface area contributed by atoms with Crippen LogP contribution in [-0.4, -0.2) is 24.9 Å². The van der Waals surface area contributed by atoms with E-state index in [4.69, 9.17) is 5.73 Å². The number of nitrogens with zero attached hydrogens (tertiary/aromatic N) is 1. The standard InChI is InChI=1S/C13H13FN4O2S/c1-9-16-8-13(17-9)21(19,20)18-12-5-4-10(3-2-6-15)7-11(12)14/h4-5,7-8,18H,6,15H2,1H3,(H,16,17). The average Bonchev–Trinajstić information content (AvgIpc) is 2.86. The van der Waals surface area contributed by atoms with E-state index in [9.17, 15) is 12.8 Å². The van der Waals surface area contributed by atoms with Crippen LogP contribution in [-0.2, 0) is 10.0 Å². The molecule has 0 atom stereocenters. The quantitative estimate of drug-likeness (QED) is 0.735. The fraction of sp³-hybridized carbons (Fsp3) is 0.154. The van der Waals surface area contributed by atoms with Gasteiger partial charge in [-0.05, 0) is 25.1 Å². The Morgan fingerprint density at radius 3 is 2.81 bits per heavy atom. The van der Waals surface area contributed by atoms with Crippen LogP contribution >= 0.6 is 0 Å². The number of nitrogens with two attached hydrogens (primary N) is 1. The van der Waals surface area contributed by atoms with E-state index in [0.717, 1.165) is 12.3 Å². The van der Waals surface area contributed by atoms with E-state index in [1.807, 2.05) is 0 Å². The molecular weight excluding hydrogens is 295 g/mol. The van der Waals surface area contributed by atoms with E-state index < -0.39 is 15.8 Å². The third kappa shape index (κ3) is 3.59. The number of H-pyrrole nitrogens is 1. The second kappa shape index (κ2) is 5.95. The van der Waals surface area contributed by atoms with Crippen molar-refractivity contribution in [1.82, 2.24) is 9.97 Å². The molecule has 1 aromatic carbocycles. The third-order valence-corrected chi connectivity index (χ3v) is 3.79. The summed E-state index contributed by atoms with van der Waals surface area (Å²) >= 11 is 0. The Labute approximate surface area is 121 Å². The van der Waals surface area contributed by atoms with Crippen molar-refractivity contribution < 1.29 is 12.8 Å². The number of aromatic nitrogens is 2. The van der Waals surface area contributed by atoms with Gasteiger partial charge in [-0.3, -0.25) is 4.72 Å². The number of nitrogens with one attached hydrogen (secondary N) is 2. The zero-order valence-electron chi connectivity index (χ0n) is 11.1. The van der Waals surface area contributed by atoms with E-state index in [2.05, 4.69) is 26.5 Å². The highest BCUT2D eigenvalue weighted by Gasteiger charge is 2.18. The number of benzene rings is 1. The van der Waals surface area contributed by atoms with Crippen LogP contribution in [0.1, 0.15) is 11.4 Å². The summed E-state index contributed by atoms with van der Waals surface area (Å²) in [4.78, 5) is 6.37. The minimum atomic E-state index is -3.91. The van der Waals surface area contributed by atoms with Gasteiger partial charge in [0, 0.05) is 5.56 Å². The molecule has 0 fully saturated rings. The Bertz CT molecular complexity index is 818. The molecule has 1 heterocycles. The van der Waals surface area contributed by atoms with Gasteiger partial charge in [0.25, 0.3) is 10.0 Å². The first-order chi connectivity index (χ1) is 9.92. The molecule has 0 bridgehead atoms. The van der Waals surface area contributed by atoms with Gasteiger partial charge in [-0.25, -0.2) is 9.37 Å². The van der Waals surface area contributed by atoms with E-state index in [-0.39, 0.29) is 17.3 Å². The lowest BCUT2D eigenvalue weighted by Crippen LogP contribution is -2.14. The number of imidazole rings is 1. The molecule has 2 aromatic rings. The van der Waals surface area contributed by atoms with Crippen molar-refractivity contribution in [2.24, 2.45) is 5.73 Å². The van der Waals surface area contributed by atoms with E-state index in [1.165, 1.54) is 12.1 Å². The third-order valence-electron chi connectivity index (χ3n) is 2.52. The number of sulfonamides is 1. The van der Waals surface area contributed by atoms with Crippen LogP contribution in [0.5, 0.6) is 0 Å². The highest BCUT2D eigenvalue weighted by Crippen LogP contribution is 2.19. The minimum absolute atomic E-state index is 0.133. The molecule has 0 aliphatic heterocycles. The smallest absolute Gasteiger partial charge is 0.279 e. The Morgan fingerprint density at radius 2 is 2.24 bits per heavy atom. The number of halogens is 1. The van der Waals surface area contributed by atoms with Crippen molar-refractivity contribution in [2.75, 3.05) is 11.3 Å². The second-order valence-electron chi connectivity index (χ2n) is 4.14. The summed E-state index contributed by atoms with van der Waals surface area (Å²) in [5, 5.41) is -0.133. The van der Waals surface area contributed by atoms with Crippen molar-refractivity contribution in [2.45, 2.75) is 11.9 Å². The molecule has 0 saturated carbocycles. The topological polar surface area (TPSA) is 101 Å². The molecule has 4 N–H and O–H groups in total. The first-order valence-corrected chi connectivity index (χ1v) is 7.43. The molecule has 0 amide bonds. The lowest BCUT2D eigenvalue weighted by atomic mass is 10.2. The van der Waals surface area contributed by atoms with Crippen molar-refractivity contribution in [3.63, 3.8) is 0 Å². The van der Waals surface area contributed by atoms with Gasteiger partial charge in [-0.2, -0.15) is 8.42 Å². The van der Waals surface area contributed by atoms with Gasteiger partial charge >= 0.3 is 0 Å². The fourth-order valence-corrected chi connectivity index (χ4v) is 2.60. The summed E-state index contributed by atoms with van der Waals surface area (Å²) in [5.41, 5.74) is 5.47. The number of aryl methyl sites for hydroxylation is 1. The maximum Gasteiger partial charge on any atom is 0.279 e. The molecule has 2 rings (SSSR count). The van der Waals surface area contributed by atoms with Crippen LogP contribution in [0.15, 0.2) is 29.4 Å². The van der Waals surface area contributed by atoms with Gasteiger partial charge in [0.05, 0.1) is 18.4 Å². The van der Waals surface area contributed by atoms with Crippen LogP contribution in [0.25, 0.3) is 0 Å². The summed E-state index contributed by atoms with van der Waals surface area (Å²) < 4.78 is 40.1. The van der Waals surface area contributed by atoms with Gasteiger partial charge in [-0.1, -0.05) is 11.8 Å². The molecule has 0 radical (unpaired) electrons. The highest BCUT2D eigenvalue weighted by molar-refractivity contribution is 7.92. The Hall–Kier alpha value is -2.37. The maximum absolute atomic E-state index is 13.9. The Balaban J connectivity index is 2.27. The predicted molar refractivity (Wildman–Crippen MR) is 76.5 cm³/mol. The second-order valence-corrected chi connectivity index (χ2v) is 5.79. The number of hydrogen-bond donors (Lipinski definition) is 3. The van der Waals surface area contributed by atoms with Gasteiger partial charge in [0.15, 0.2) is 5.03 Å². The molecule has 1 aromatic heterocycles. The lowest BCUT2D eigenvalue weighted by molar-refractivity contribution is 0.595. The molecule has 8 heteroatoms. The predicted octanol–water partition coefficient (Wildman–Crippen LogP) is 0.968. The van der Waals surface area contributed by atoms with Gasteiger partial charge in [0.2, 0.25) is 0 Å². The normalized spacial score (nSPS) is 10.8. The summed E-state index contributed by atoms with van der Waals surface area (Å²) in [6.07, 6.45) is 1.16. The monoisotopic (exact) mass is 308 g/mol. The Kier molecular flexibility index (Phi) is 4.26. The molecule has 21 heavy (non-hydrogen) atoms. The zero-order chi connectivity index (χ0) is 15.5. The first-order valence-electron chi connectivity index (χ1n) is 5.95. The van der Waals surface area contributed by atoms with Gasteiger partial charge in [0.1, 0.15) is 11.6 Å². The molecule has 0 aliphatic carbocycles. The van der Waals surface area contributed by atoms with E-state index in [0.29, 0.717) is 11.4 Å². The number of anilines is 1. The van der Waals surface area contributed by atoms with E-state index >= 15 is 0 Å². The summed E-state index contributed by atoms with van der Waals surface area (Å²) in [7, 11) is -3.91. The number of rotatable bonds is 3. The van der Waals surface area contributed by atoms with Crippen molar-refractivity contribution in [3.05, 3.63) is 41.6 Å². The molecule has 0 spiro atoms. The molecule has 0 unspecified atom stereocenters. The largest absolute Gasteiger partial charge is 0.332 e. The van der Waals surface area contributed by atoms with Crippen LogP contribution in [0.4, 0.5) is 10.1 Å². The molecule has 0 saturated heterocycles. The number of aromatic amines is 1. The van der Waals surface area contributed by atoms with Crippen LogP contribution in [0, 0.1) is 24.6 Å². The SMILES string of the molecule is Cc1ncc(S(=O)(=O)Nc2ccc(C#CCN)cc2F)[nH]1. The summed E-state index contributed by atoms with van der Waals surface area (Å²) in [6.45, 7) is 1.78. The highest BCUT2D eigenvalue weighted by atomic mass is 32.2.